The van der Waals surface area contributed by atoms with Crippen molar-refractivity contribution in [2.24, 2.45) is 5.92 Å². The molecule has 0 aliphatic rings. The predicted molar refractivity (Wildman–Crippen MR) is 93.9 cm³/mol. The van der Waals surface area contributed by atoms with Crippen molar-refractivity contribution < 1.29 is 14.5 Å². The Balaban J connectivity index is 2.47. The number of nitro groups is 1. The van der Waals surface area contributed by atoms with Crippen LogP contribution in [-0.4, -0.2) is 16.5 Å². The quantitative estimate of drug-likeness (QED) is 0.260. The van der Waals surface area contributed by atoms with Crippen LogP contribution in [0.3, 0.4) is 0 Å². The number of para-hydroxylation sites is 1. The van der Waals surface area contributed by atoms with E-state index in [9.17, 15) is 19.7 Å². The van der Waals surface area contributed by atoms with Crippen LogP contribution in [0.1, 0.15) is 51.5 Å². The Kier molecular flexibility index (Phi) is 8.61. The van der Waals surface area contributed by atoms with Gasteiger partial charge in [-0.1, -0.05) is 44.2 Å². The van der Waals surface area contributed by atoms with E-state index in [4.69, 9.17) is 0 Å². The molecule has 1 aromatic rings. The number of hydrogen-bond acceptors (Lipinski definition) is 4. The lowest BCUT2D eigenvalue weighted by Gasteiger charge is -2.11. The minimum atomic E-state index is -0.486. The van der Waals surface area contributed by atoms with Crippen molar-refractivity contribution >= 4 is 17.3 Å². The van der Waals surface area contributed by atoms with Gasteiger partial charge in [0.1, 0.15) is 11.6 Å². The van der Waals surface area contributed by atoms with Crippen molar-refractivity contribution in [1.82, 2.24) is 0 Å². The molecule has 0 saturated heterocycles. The molecule has 5 nitrogen and oxygen atoms in total. The van der Waals surface area contributed by atoms with E-state index in [-0.39, 0.29) is 22.2 Å². The van der Waals surface area contributed by atoms with Crippen molar-refractivity contribution in [2.75, 3.05) is 0 Å². The molecule has 24 heavy (non-hydrogen) atoms. The molecule has 0 N–H and O–H groups in total. The topological polar surface area (TPSA) is 77.3 Å². The van der Waals surface area contributed by atoms with Crippen LogP contribution in [0, 0.1) is 16.0 Å². The van der Waals surface area contributed by atoms with Crippen LogP contribution in [0.4, 0.5) is 5.69 Å². The first-order valence-electron chi connectivity index (χ1n) is 8.43. The predicted octanol–water partition coefficient (Wildman–Crippen LogP) is 4.44. The SMILES string of the molecule is CCC(=O)C(CC/C=C/CCc1ccccc1[N+](=O)[O-])C(=O)CC. The van der Waals surface area contributed by atoms with Crippen molar-refractivity contribution in [3.05, 3.63) is 52.1 Å². The third-order valence-electron chi connectivity index (χ3n) is 4.03. The van der Waals surface area contributed by atoms with Crippen molar-refractivity contribution in [3.8, 4) is 0 Å². The highest BCUT2D eigenvalue weighted by atomic mass is 16.6. The Morgan fingerprint density at radius 2 is 1.67 bits per heavy atom. The summed E-state index contributed by atoms with van der Waals surface area (Å²) in [5.74, 6) is -0.467. The average molecular weight is 331 g/mol. The molecule has 0 aliphatic heterocycles. The number of carbonyl (C=O) groups is 2. The molecule has 1 rings (SSSR count). The number of carbonyl (C=O) groups excluding carboxylic acids is 2. The number of aryl methyl sites for hydroxylation is 1. The Morgan fingerprint density at radius 3 is 2.25 bits per heavy atom. The van der Waals surface area contributed by atoms with Crippen molar-refractivity contribution in [1.29, 1.82) is 0 Å². The van der Waals surface area contributed by atoms with Crippen LogP contribution < -0.4 is 0 Å². The summed E-state index contributed by atoms with van der Waals surface area (Å²) in [4.78, 5) is 34.2. The third kappa shape index (κ3) is 6.07. The fourth-order valence-electron chi connectivity index (χ4n) is 2.63. The first-order chi connectivity index (χ1) is 11.5. The molecule has 130 valence electrons. The Bertz CT molecular complexity index is 591. The summed E-state index contributed by atoms with van der Waals surface area (Å²) < 4.78 is 0. The summed E-state index contributed by atoms with van der Waals surface area (Å²) in [5, 5.41) is 10.9. The van der Waals surface area contributed by atoms with Crippen molar-refractivity contribution in [3.63, 3.8) is 0 Å². The van der Waals surface area contributed by atoms with Crippen LogP contribution in [0.25, 0.3) is 0 Å². The molecule has 1 aromatic carbocycles. The van der Waals surface area contributed by atoms with Gasteiger partial charge in [0.2, 0.25) is 0 Å². The van der Waals surface area contributed by atoms with E-state index in [0.29, 0.717) is 44.1 Å². The second kappa shape index (κ2) is 10.5. The fourth-order valence-corrected chi connectivity index (χ4v) is 2.63. The van der Waals surface area contributed by atoms with Crippen LogP contribution in [0.5, 0.6) is 0 Å². The van der Waals surface area contributed by atoms with Crippen LogP contribution in [0.15, 0.2) is 36.4 Å². The normalized spacial score (nSPS) is 11.1. The maximum Gasteiger partial charge on any atom is 0.272 e. The van der Waals surface area contributed by atoms with Gasteiger partial charge in [0.15, 0.2) is 0 Å². The van der Waals surface area contributed by atoms with Gasteiger partial charge in [-0.25, -0.2) is 0 Å². The van der Waals surface area contributed by atoms with Crippen LogP contribution in [0.2, 0.25) is 0 Å². The zero-order valence-corrected chi connectivity index (χ0v) is 14.4. The smallest absolute Gasteiger partial charge is 0.272 e. The minimum Gasteiger partial charge on any atom is -0.299 e. The van der Waals surface area contributed by atoms with Gasteiger partial charge in [0.05, 0.1) is 10.8 Å². The maximum atomic E-state index is 11.8. The molecule has 0 saturated carbocycles. The summed E-state index contributed by atoms with van der Waals surface area (Å²) in [5.41, 5.74) is 0.861. The van der Waals surface area contributed by atoms with Gasteiger partial charge in [0, 0.05) is 24.5 Å². The van der Waals surface area contributed by atoms with Crippen molar-refractivity contribution in [2.45, 2.75) is 52.4 Å². The summed E-state index contributed by atoms with van der Waals surface area (Å²) in [6.45, 7) is 3.56. The average Bonchev–Trinajstić information content (AvgIpc) is 2.60. The minimum absolute atomic E-state index is 0.00941. The van der Waals surface area contributed by atoms with E-state index in [0.717, 1.165) is 0 Å². The standard InChI is InChI=1S/C19H25NO4/c1-3-18(21)16(19(22)4-2)13-8-6-5-7-11-15-12-9-10-14-17(15)20(23)24/h5-6,9-10,12,14,16H,3-4,7-8,11,13H2,1-2H3/b6-5+. The number of hydrogen-bond donors (Lipinski definition) is 0. The molecule has 0 unspecified atom stereocenters. The lowest BCUT2D eigenvalue weighted by atomic mass is 9.91. The third-order valence-corrected chi connectivity index (χ3v) is 4.03. The zero-order valence-electron chi connectivity index (χ0n) is 14.4. The molecular formula is C19H25NO4. The Morgan fingerprint density at radius 1 is 1.08 bits per heavy atom. The number of allylic oxidation sites excluding steroid dienone is 2. The Labute approximate surface area is 142 Å². The monoisotopic (exact) mass is 331 g/mol. The van der Waals surface area contributed by atoms with Gasteiger partial charge in [-0.2, -0.15) is 0 Å². The lowest BCUT2D eigenvalue weighted by Crippen LogP contribution is -2.22. The molecule has 5 heteroatoms. The second-order valence-corrected chi connectivity index (χ2v) is 5.67. The van der Waals surface area contributed by atoms with Gasteiger partial charge in [-0.05, 0) is 25.7 Å². The number of ketones is 2. The fraction of sp³-hybridized carbons (Fsp3) is 0.474. The van der Waals surface area contributed by atoms with E-state index in [1.165, 1.54) is 6.07 Å². The highest BCUT2D eigenvalue weighted by molar-refractivity contribution is 6.02. The van der Waals surface area contributed by atoms with Crippen LogP contribution >= 0.6 is 0 Å². The molecule has 0 radical (unpaired) electrons. The second-order valence-electron chi connectivity index (χ2n) is 5.67. The van der Waals surface area contributed by atoms with Gasteiger partial charge in [-0.15, -0.1) is 0 Å². The molecule has 0 bridgehead atoms. The lowest BCUT2D eigenvalue weighted by molar-refractivity contribution is -0.385. The molecule has 0 spiro atoms. The first-order valence-corrected chi connectivity index (χ1v) is 8.43. The summed E-state index contributed by atoms with van der Waals surface area (Å²) >= 11 is 0. The van der Waals surface area contributed by atoms with Crippen LogP contribution in [-0.2, 0) is 16.0 Å². The number of benzene rings is 1. The molecule has 0 amide bonds. The summed E-state index contributed by atoms with van der Waals surface area (Å²) in [6.07, 6.45) is 7.18. The molecule has 0 aromatic heterocycles. The largest absolute Gasteiger partial charge is 0.299 e. The van der Waals surface area contributed by atoms with E-state index in [2.05, 4.69) is 0 Å². The summed E-state index contributed by atoms with van der Waals surface area (Å²) in [7, 11) is 0. The number of nitrogens with zero attached hydrogens (tertiary/aromatic N) is 1. The van der Waals surface area contributed by atoms with E-state index >= 15 is 0 Å². The molecular weight excluding hydrogens is 306 g/mol. The highest BCUT2D eigenvalue weighted by Crippen LogP contribution is 2.19. The zero-order chi connectivity index (χ0) is 17.9. The molecule has 0 aliphatic carbocycles. The molecule has 0 heterocycles. The maximum absolute atomic E-state index is 11.8. The van der Waals surface area contributed by atoms with Gasteiger partial charge in [-0.3, -0.25) is 19.7 Å². The van der Waals surface area contributed by atoms with E-state index in [1.807, 2.05) is 12.2 Å². The molecule has 0 fully saturated rings. The van der Waals surface area contributed by atoms with Gasteiger partial charge < -0.3 is 0 Å². The molecule has 0 atom stereocenters. The number of rotatable bonds is 11. The number of Topliss-reactive ketones (excluding diaryl/α,β-unsaturated/α-hetero) is 2. The highest BCUT2D eigenvalue weighted by Gasteiger charge is 2.22. The van der Waals surface area contributed by atoms with E-state index in [1.54, 1.807) is 32.0 Å². The van der Waals surface area contributed by atoms with E-state index < -0.39 is 5.92 Å². The van der Waals surface area contributed by atoms with Gasteiger partial charge >= 0.3 is 0 Å². The first kappa shape index (κ1) is 19.7. The Hall–Kier alpha value is -2.30. The van der Waals surface area contributed by atoms with Gasteiger partial charge in [0.25, 0.3) is 5.69 Å². The summed E-state index contributed by atoms with van der Waals surface area (Å²) in [6, 6.07) is 6.73. The number of nitro benzene ring substituents is 1.